The second kappa shape index (κ2) is 6.56. The number of hydrogen-bond donors (Lipinski definition) is 1. The summed E-state index contributed by atoms with van der Waals surface area (Å²) in [6.45, 7) is 3.53. The highest BCUT2D eigenvalue weighted by Gasteiger charge is 2.49. The number of pyridine rings is 1. The smallest absolute Gasteiger partial charge is 0.119 e. The van der Waals surface area contributed by atoms with Crippen molar-refractivity contribution in [3.8, 4) is 5.75 Å². The van der Waals surface area contributed by atoms with Crippen molar-refractivity contribution in [1.82, 2.24) is 9.88 Å². The Kier molecular flexibility index (Phi) is 3.95. The van der Waals surface area contributed by atoms with Crippen LogP contribution in [0.5, 0.6) is 5.75 Å². The number of nitrogens with zero attached hydrogens (tertiary/aromatic N) is 2. The van der Waals surface area contributed by atoms with Gasteiger partial charge in [-0.15, -0.1) is 0 Å². The van der Waals surface area contributed by atoms with Crippen LogP contribution in [0.4, 0.5) is 0 Å². The molecule has 3 nitrogen and oxygen atoms in total. The summed E-state index contributed by atoms with van der Waals surface area (Å²) in [5.74, 6) is 1.91. The minimum absolute atomic E-state index is 0.00610. The maximum atomic E-state index is 10.8. The van der Waals surface area contributed by atoms with E-state index in [4.69, 9.17) is 4.98 Å². The third-order valence-electron chi connectivity index (χ3n) is 7.63. The van der Waals surface area contributed by atoms with Gasteiger partial charge in [0.05, 0.1) is 5.52 Å². The van der Waals surface area contributed by atoms with Crippen molar-refractivity contribution in [1.29, 1.82) is 0 Å². The number of phenols is 1. The molecule has 29 heavy (non-hydrogen) atoms. The fourth-order valence-electron chi connectivity index (χ4n) is 5.90. The van der Waals surface area contributed by atoms with E-state index in [0.29, 0.717) is 11.7 Å². The van der Waals surface area contributed by atoms with Crippen LogP contribution in [0.1, 0.15) is 36.1 Å². The SMILES string of the molecule is Oc1ccccc1[C@]12CCN(CC3CC3)C[C@@H]1Cc1cc3ccccc3nc1C2. The van der Waals surface area contributed by atoms with E-state index in [2.05, 4.69) is 47.4 Å². The molecule has 3 aliphatic rings. The lowest BCUT2D eigenvalue weighted by molar-refractivity contribution is 0.0762. The molecule has 0 amide bonds. The van der Waals surface area contributed by atoms with Gasteiger partial charge in [-0.2, -0.15) is 0 Å². The highest BCUT2D eigenvalue weighted by atomic mass is 16.3. The number of hydrogen-bond acceptors (Lipinski definition) is 3. The number of phenolic OH excluding ortho intramolecular Hbond substituents is 1. The van der Waals surface area contributed by atoms with Crippen LogP contribution in [0.25, 0.3) is 10.9 Å². The van der Waals surface area contributed by atoms with Crippen LogP contribution in [0, 0.1) is 11.8 Å². The van der Waals surface area contributed by atoms with Crippen LogP contribution < -0.4 is 0 Å². The summed E-state index contributed by atoms with van der Waals surface area (Å²) in [6, 6.07) is 18.9. The van der Waals surface area contributed by atoms with Crippen molar-refractivity contribution in [2.45, 2.75) is 37.5 Å². The van der Waals surface area contributed by atoms with Crippen molar-refractivity contribution >= 4 is 10.9 Å². The number of rotatable bonds is 3. The fraction of sp³-hybridized carbons (Fsp3) is 0.423. The maximum Gasteiger partial charge on any atom is 0.119 e. The van der Waals surface area contributed by atoms with E-state index in [1.54, 1.807) is 0 Å². The predicted molar refractivity (Wildman–Crippen MR) is 116 cm³/mol. The number of piperidine rings is 1. The van der Waals surface area contributed by atoms with Gasteiger partial charge in [-0.25, -0.2) is 0 Å². The van der Waals surface area contributed by atoms with E-state index in [1.165, 1.54) is 36.0 Å². The molecule has 6 rings (SSSR count). The van der Waals surface area contributed by atoms with Gasteiger partial charge in [-0.1, -0.05) is 36.4 Å². The van der Waals surface area contributed by atoms with Crippen LogP contribution >= 0.6 is 0 Å². The Hall–Kier alpha value is -2.39. The van der Waals surface area contributed by atoms with Gasteiger partial charge in [0.15, 0.2) is 0 Å². The van der Waals surface area contributed by atoms with Gasteiger partial charge in [0.25, 0.3) is 0 Å². The minimum atomic E-state index is -0.00610. The van der Waals surface area contributed by atoms with Crippen molar-refractivity contribution in [3.63, 3.8) is 0 Å². The first kappa shape index (κ1) is 17.5. The highest BCUT2D eigenvalue weighted by Crippen LogP contribution is 2.50. The van der Waals surface area contributed by atoms with Crippen LogP contribution in [-0.2, 0) is 18.3 Å². The Balaban J connectivity index is 1.45. The van der Waals surface area contributed by atoms with Gasteiger partial charge < -0.3 is 10.0 Å². The first-order chi connectivity index (χ1) is 14.2. The van der Waals surface area contributed by atoms with Crippen LogP contribution in [-0.4, -0.2) is 34.6 Å². The quantitative estimate of drug-likeness (QED) is 0.710. The topological polar surface area (TPSA) is 36.4 Å². The normalized spacial score (nSPS) is 26.8. The molecule has 0 spiro atoms. The van der Waals surface area contributed by atoms with Crippen molar-refractivity contribution in [2.24, 2.45) is 11.8 Å². The third-order valence-corrected chi connectivity index (χ3v) is 7.63. The summed E-state index contributed by atoms with van der Waals surface area (Å²) >= 11 is 0. The molecular formula is C26H28N2O. The number of aromatic nitrogens is 1. The molecule has 1 aliphatic heterocycles. The largest absolute Gasteiger partial charge is 0.508 e. The summed E-state index contributed by atoms with van der Waals surface area (Å²) in [4.78, 5) is 7.78. The maximum absolute atomic E-state index is 10.8. The monoisotopic (exact) mass is 384 g/mol. The van der Waals surface area contributed by atoms with Crippen molar-refractivity contribution in [3.05, 3.63) is 71.4 Å². The molecule has 1 N–H and O–H groups in total. The Morgan fingerprint density at radius 1 is 1.07 bits per heavy atom. The summed E-state index contributed by atoms with van der Waals surface area (Å²) in [6.07, 6.45) is 5.92. The molecule has 0 unspecified atom stereocenters. The molecule has 1 aromatic heterocycles. The number of benzene rings is 2. The van der Waals surface area contributed by atoms with Crippen LogP contribution in [0.3, 0.4) is 0 Å². The lowest BCUT2D eigenvalue weighted by Crippen LogP contribution is -2.54. The molecular weight excluding hydrogens is 356 g/mol. The van der Waals surface area contributed by atoms with Gasteiger partial charge >= 0.3 is 0 Å². The second-order valence-electron chi connectivity index (χ2n) is 9.49. The molecule has 2 aliphatic carbocycles. The third kappa shape index (κ3) is 2.95. The summed E-state index contributed by atoms with van der Waals surface area (Å²) in [5.41, 5.74) is 4.86. The van der Waals surface area contributed by atoms with Gasteiger partial charge in [-0.05, 0) is 67.8 Å². The number of aromatic hydroxyl groups is 1. The molecule has 1 saturated carbocycles. The Morgan fingerprint density at radius 2 is 1.90 bits per heavy atom. The zero-order valence-corrected chi connectivity index (χ0v) is 16.8. The molecule has 1 saturated heterocycles. The van der Waals surface area contributed by atoms with E-state index < -0.39 is 0 Å². The highest BCUT2D eigenvalue weighted by molar-refractivity contribution is 5.79. The first-order valence-corrected chi connectivity index (χ1v) is 11.1. The average Bonchev–Trinajstić information content (AvgIpc) is 3.55. The van der Waals surface area contributed by atoms with Crippen LogP contribution in [0.15, 0.2) is 54.6 Å². The Bertz CT molecular complexity index is 1070. The zero-order valence-electron chi connectivity index (χ0n) is 16.8. The molecule has 3 heteroatoms. The van der Waals surface area contributed by atoms with E-state index in [1.807, 2.05) is 12.1 Å². The summed E-state index contributed by atoms with van der Waals surface area (Å²) in [5, 5.41) is 12.0. The number of likely N-dealkylation sites (tertiary alicyclic amines) is 1. The second-order valence-corrected chi connectivity index (χ2v) is 9.49. The molecule has 2 fully saturated rings. The number of fused-ring (bicyclic) bond motifs is 3. The summed E-state index contributed by atoms with van der Waals surface area (Å²) in [7, 11) is 0. The fourth-order valence-corrected chi connectivity index (χ4v) is 5.90. The average molecular weight is 385 g/mol. The van der Waals surface area contributed by atoms with E-state index in [9.17, 15) is 5.11 Å². The molecule has 2 atom stereocenters. The number of para-hydroxylation sites is 2. The van der Waals surface area contributed by atoms with Crippen molar-refractivity contribution in [2.75, 3.05) is 19.6 Å². The van der Waals surface area contributed by atoms with E-state index in [-0.39, 0.29) is 5.41 Å². The molecule has 0 bridgehead atoms. The zero-order chi connectivity index (χ0) is 19.4. The standard InChI is InChI=1S/C26H28N2O/c29-25-8-4-2-6-22(25)26-11-12-28(16-18-9-10-18)17-21(26)14-20-13-19-5-1-3-7-23(19)27-24(20)15-26/h1-8,13,18,21,29H,9-12,14-17H2/t21-,26-/m0/s1. The van der Waals surface area contributed by atoms with Crippen molar-refractivity contribution < 1.29 is 5.11 Å². The summed E-state index contributed by atoms with van der Waals surface area (Å²) < 4.78 is 0. The molecule has 3 aromatic rings. The Morgan fingerprint density at radius 3 is 2.76 bits per heavy atom. The Labute approximate surface area is 172 Å². The minimum Gasteiger partial charge on any atom is -0.508 e. The van der Waals surface area contributed by atoms with Gasteiger partial charge in [0.1, 0.15) is 5.75 Å². The lowest BCUT2D eigenvalue weighted by Gasteiger charge is -2.51. The van der Waals surface area contributed by atoms with Crippen LogP contribution in [0.2, 0.25) is 0 Å². The van der Waals surface area contributed by atoms with E-state index >= 15 is 0 Å². The van der Waals surface area contributed by atoms with Gasteiger partial charge in [0.2, 0.25) is 0 Å². The molecule has 2 aromatic carbocycles. The van der Waals surface area contributed by atoms with E-state index in [0.717, 1.165) is 49.4 Å². The predicted octanol–water partition coefficient (Wildman–Crippen LogP) is 4.71. The molecule has 148 valence electrons. The van der Waals surface area contributed by atoms with Gasteiger partial charge in [-0.3, -0.25) is 4.98 Å². The lowest BCUT2D eigenvalue weighted by atomic mass is 9.58. The van der Waals surface area contributed by atoms with Gasteiger partial charge in [0, 0.05) is 41.6 Å². The molecule has 0 radical (unpaired) electrons. The first-order valence-electron chi connectivity index (χ1n) is 11.1. The molecule has 2 heterocycles.